The fraction of sp³-hybridized carbons (Fsp3) is 0.320. The fourth-order valence-corrected chi connectivity index (χ4v) is 4.40. The minimum Gasteiger partial charge on any atom is -0.486 e. The summed E-state index contributed by atoms with van der Waals surface area (Å²) < 4.78 is 11.5. The van der Waals surface area contributed by atoms with Gasteiger partial charge in [-0.3, -0.25) is 15.0 Å². The number of aromatic nitrogens is 2. The van der Waals surface area contributed by atoms with Crippen molar-refractivity contribution in [2.75, 3.05) is 25.1 Å². The fourth-order valence-electron chi connectivity index (χ4n) is 4.40. The summed E-state index contributed by atoms with van der Waals surface area (Å²) in [5, 5.41) is 2.59. The van der Waals surface area contributed by atoms with Crippen LogP contribution in [0.25, 0.3) is 11.1 Å². The molecule has 7 nitrogen and oxygen atoms in total. The maximum atomic E-state index is 11.1. The van der Waals surface area contributed by atoms with Crippen LogP contribution in [0.1, 0.15) is 36.9 Å². The van der Waals surface area contributed by atoms with Gasteiger partial charge in [0.1, 0.15) is 13.2 Å². The molecule has 0 radical (unpaired) electrons. The van der Waals surface area contributed by atoms with Gasteiger partial charge in [-0.15, -0.1) is 0 Å². The Labute approximate surface area is 187 Å². The summed E-state index contributed by atoms with van der Waals surface area (Å²) in [6.45, 7) is 4.65. The minimum atomic E-state index is -0.182. The maximum absolute atomic E-state index is 11.1. The van der Waals surface area contributed by atoms with Crippen LogP contribution in [0.2, 0.25) is 0 Å². The van der Waals surface area contributed by atoms with Crippen LogP contribution in [0.5, 0.6) is 11.5 Å². The van der Waals surface area contributed by atoms with E-state index in [1.807, 2.05) is 6.07 Å². The van der Waals surface area contributed by atoms with Crippen LogP contribution >= 0.6 is 0 Å². The zero-order chi connectivity index (χ0) is 21.9. The number of hydrogen-bond acceptors (Lipinski definition) is 6. The summed E-state index contributed by atoms with van der Waals surface area (Å²) in [5.41, 5.74) is 4.53. The van der Waals surface area contributed by atoms with Gasteiger partial charge in [0.05, 0.1) is 0 Å². The number of benzene rings is 2. The molecule has 1 atom stereocenters. The van der Waals surface area contributed by atoms with Crippen molar-refractivity contribution in [1.29, 1.82) is 0 Å². The standard InChI is InChI=1S/C25H26N4O3/c1-17(30)28-25-26-14-21(15-27-25)19-6-4-18(5-7-19)16-29-10-2-3-22(29)20-8-9-23-24(13-20)32-12-11-31-23/h4-9,13-15,22H,2-3,10-12,16H2,1H3,(H,26,27,28,30)/t22-/m0/s1. The number of hydrogen-bond donors (Lipinski definition) is 1. The molecule has 1 saturated heterocycles. The van der Waals surface area contributed by atoms with Gasteiger partial charge >= 0.3 is 0 Å². The monoisotopic (exact) mass is 430 g/mol. The SMILES string of the molecule is CC(=O)Nc1ncc(-c2ccc(CN3CCC[C@H]3c3ccc4c(c3)OCCO4)cc2)cn1. The van der Waals surface area contributed by atoms with E-state index in [2.05, 4.69) is 56.6 Å². The Morgan fingerprint density at radius 2 is 1.78 bits per heavy atom. The normalized spacial score (nSPS) is 17.8. The molecule has 3 heterocycles. The summed E-state index contributed by atoms with van der Waals surface area (Å²) in [5.74, 6) is 1.83. The van der Waals surface area contributed by atoms with Crippen molar-refractivity contribution in [1.82, 2.24) is 14.9 Å². The average Bonchev–Trinajstić information content (AvgIpc) is 3.27. The molecule has 0 unspecified atom stereocenters. The van der Waals surface area contributed by atoms with Crippen LogP contribution in [-0.2, 0) is 11.3 Å². The maximum Gasteiger partial charge on any atom is 0.229 e. The Kier molecular flexibility index (Phi) is 5.73. The summed E-state index contributed by atoms with van der Waals surface area (Å²) in [4.78, 5) is 22.1. The Balaban J connectivity index is 1.27. The second-order valence-electron chi connectivity index (χ2n) is 8.21. The zero-order valence-electron chi connectivity index (χ0n) is 18.1. The zero-order valence-corrected chi connectivity index (χ0v) is 18.1. The van der Waals surface area contributed by atoms with Crippen molar-refractivity contribution in [3.8, 4) is 22.6 Å². The van der Waals surface area contributed by atoms with Gasteiger partial charge in [-0.25, -0.2) is 9.97 Å². The Hall–Kier alpha value is -3.45. The lowest BCUT2D eigenvalue weighted by molar-refractivity contribution is -0.114. The molecular formula is C25H26N4O3. The molecule has 5 rings (SSSR count). The molecule has 3 aromatic rings. The summed E-state index contributed by atoms with van der Waals surface area (Å²) >= 11 is 0. The summed E-state index contributed by atoms with van der Waals surface area (Å²) in [6, 6.07) is 15.3. The van der Waals surface area contributed by atoms with E-state index in [9.17, 15) is 4.79 Å². The number of nitrogens with zero attached hydrogens (tertiary/aromatic N) is 3. The van der Waals surface area contributed by atoms with E-state index in [1.54, 1.807) is 12.4 Å². The first kappa shape index (κ1) is 20.5. The van der Waals surface area contributed by atoms with Crippen LogP contribution in [0.4, 0.5) is 5.95 Å². The highest BCUT2D eigenvalue weighted by Crippen LogP contribution is 2.38. The second kappa shape index (κ2) is 8.96. The first-order valence-electron chi connectivity index (χ1n) is 11.0. The lowest BCUT2D eigenvalue weighted by Gasteiger charge is -2.26. The number of amides is 1. The average molecular weight is 431 g/mol. The van der Waals surface area contributed by atoms with E-state index in [-0.39, 0.29) is 5.91 Å². The van der Waals surface area contributed by atoms with Gasteiger partial charge in [-0.2, -0.15) is 0 Å². The van der Waals surface area contributed by atoms with Crippen LogP contribution in [0.15, 0.2) is 54.9 Å². The topological polar surface area (TPSA) is 76.6 Å². The smallest absolute Gasteiger partial charge is 0.229 e. The van der Waals surface area contributed by atoms with E-state index < -0.39 is 0 Å². The Morgan fingerprint density at radius 1 is 1.03 bits per heavy atom. The van der Waals surface area contributed by atoms with Gasteiger partial charge in [0.25, 0.3) is 0 Å². The van der Waals surface area contributed by atoms with Gasteiger partial charge in [-0.1, -0.05) is 30.3 Å². The number of carbonyl (C=O) groups is 1. The van der Waals surface area contributed by atoms with E-state index in [0.717, 1.165) is 42.1 Å². The molecule has 164 valence electrons. The van der Waals surface area contributed by atoms with Crippen molar-refractivity contribution in [2.24, 2.45) is 0 Å². The second-order valence-corrected chi connectivity index (χ2v) is 8.21. The quantitative estimate of drug-likeness (QED) is 0.653. The Bertz CT molecular complexity index is 1100. The van der Waals surface area contributed by atoms with Gasteiger partial charge in [-0.05, 0) is 48.2 Å². The highest BCUT2D eigenvalue weighted by atomic mass is 16.6. The molecule has 0 spiro atoms. The molecule has 7 heteroatoms. The third kappa shape index (κ3) is 4.43. The van der Waals surface area contributed by atoms with Crippen molar-refractivity contribution in [3.05, 3.63) is 66.0 Å². The molecule has 2 aliphatic rings. The molecule has 2 aromatic carbocycles. The Morgan fingerprint density at radius 3 is 2.53 bits per heavy atom. The van der Waals surface area contributed by atoms with Crippen molar-refractivity contribution in [3.63, 3.8) is 0 Å². The number of carbonyl (C=O) groups excluding carboxylic acids is 1. The van der Waals surface area contributed by atoms with Gasteiger partial charge < -0.3 is 9.47 Å². The first-order valence-corrected chi connectivity index (χ1v) is 11.0. The molecule has 0 saturated carbocycles. The van der Waals surface area contributed by atoms with Crippen molar-refractivity contribution >= 4 is 11.9 Å². The van der Waals surface area contributed by atoms with E-state index in [1.165, 1.54) is 24.5 Å². The molecule has 1 N–H and O–H groups in total. The number of ether oxygens (including phenoxy) is 2. The van der Waals surface area contributed by atoms with Gasteiger partial charge in [0.15, 0.2) is 11.5 Å². The first-order chi connectivity index (χ1) is 15.7. The molecule has 1 aromatic heterocycles. The van der Waals surface area contributed by atoms with Crippen LogP contribution < -0.4 is 14.8 Å². The van der Waals surface area contributed by atoms with E-state index >= 15 is 0 Å². The van der Waals surface area contributed by atoms with E-state index in [0.29, 0.717) is 25.2 Å². The predicted molar refractivity (Wildman–Crippen MR) is 122 cm³/mol. The molecule has 32 heavy (non-hydrogen) atoms. The molecule has 0 bridgehead atoms. The molecular weight excluding hydrogens is 404 g/mol. The van der Waals surface area contributed by atoms with Crippen LogP contribution in [-0.4, -0.2) is 40.5 Å². The van der Waals surface area contributed by atoms with Crippen molar-refractivity contribution < 1.29 is 14.3 Å². The number of fused-ring (bicyclic) bond motifs is 1. The number of likely N-dealkylation sites (tertiary alicyclic amines) is 1. The number of nitrogens with one attached hydrogen (secondary N) is 1. The molecule has 1 amide bonds. The third-order valence-electron chi connectivity index (χ3n) is 5.93. The third-order valence-corrected chi connectivity index (χ3v) is 5.93. The lowest BCUT2D eigenvalue weighted by Crippen LogP contribution is -2.23. The van der Waals surface area contributed by atoms with Crippen LogP contribution in [0, 0.1) is 0 Å². The lowest BCUT2D eigenvalue weighted by atomic mass is 10.0. The highest BCUT2D eigenvalue weighted by Gasteiger charge is 2.27. The largest absolute Gasteiger partial charge is 0.486 e. The van der Waals surface area contributed by atoms with Crippen molar-refractivity contribution in [2.45, 2.75) is 32.4 Å². The minimum absolute atomic E-state index is 0.182. The van der Waals surface area contributed by atoms with Gasteiger partial charge in [0, 0.05) is 37.5 Å². The summed E-state index contributed by atoms with van der Waals surface area (Å²) in [6.07, 6.45) is 5.79. The number of anilines is 1. The molecule has 2 aliphatic heterocycles. The van der Waals surface area contributed by atoms with E-state index in [4.69, 9.17) is 9.47 Å². The van der Waals surface area contributed by atoms with Crippen LogP contribution in [0.3, 0.4) is 0 Å². The number of rotatable bonds is 5. The summed E-state index contributed by atoms with van der Waals surface area (Å²) in [7, 11) is 0. The highest BCUT2D eigenvalue weighted by molar-refractivity contribution is 5.86. The molecule has 1 fully saturated rings. The molecule has 0 aliphatic carbocycles. The predicted octanol–water partition coefficient (Wildman–Crippen LogP) is 4.21. The van der Waals surface area contributed by atoms with Gasteiger partial charge in [0.2, 0.25) is 11.9 Å².